The van der Waals surface area contributed by atoms with E-state index in [4.69, 9.17) is 18.9 Å². The van der Waals surface area contributed by atoms with Crippen LogP contribution in [0.25, 0.3) is 10.8 Å². The Hall–Kier alpha value is -3.64. The molecule has 4 heterocycles. The van der Waals surface area contributed by atoms with Crippen LogP contribution in [-0.4, -0.2) is 121 Å². The first-order valence-corrected chi connectivity index (χ1v) is 32.7. The third-order valence-corrected chi connectivity index (χ3v) is 27.8. The molecule has 9 saturated carbocycles. The topological polar surface area (TPSA) is 237 Å². The van der Waals surface area contributed by atoms with Crippen LogP contribution in [0.4, 0.5) is 0 Å². The predicted octanol–water partition coefficient (Wildman–Crippen LogP) is 10.1. The van der Waals surface area contributed by atoms with Crippen molar-refractivity contribution in [1.29, 1.82) is 0 Å². The van der Waals surface area contributed by atoms with E-state index in [0.717, 1.165) is 51.0 Å². The zero-order valence-electron chi connectivity index (χ0n) is 49.1. The second-order valence-corrected chi connectivity index (χ2v) is 31.3. The van der Waals surface area contributed by atoms with Gasteiger partial charge in [-0.25, -0.2) is 4.79 Å². The summed E-state index contributed by atoms with van der Waals surface area (Å²) in [6, 6.07) is 2.62. The average Bonchev–Trinajstić information content (AvgIpc) is 2.76. The standard InChI is InChI=1S/C68H90N2O13/c1-38-49(39(2)73)53(75)50-42(52(38)74)25-40(57(78)79)26-46(50)81-58-54(76)56(77)68(48(30-72)82-58)28-45-51-43(9-10-44(51)66(83-68)18-7-15-61(34-66)20-19-59(32-61)11-3-4-12-59)65(23-24-71)37-80-31-41-27-62-35-64(29-47(62)69-70-67(45,36-62)55(41)65)17-8-16-63(64)22-21-60(33-63)13-5-6-14-60/h9,25-26,41,45,47-48,54-56,58,69-72,74-77H,3-8,10-24,27-37H2,1-2H3,(H,78,79)/t41-,45-,47-,48-,54-,55-,56-,58-,61-,62-,63-,64+,65-,66+,67-,68-/m1/s1. The van der Waals surface area contributed by atoms with E-state index in [1.165, 1.54) is 146 Å². The van der Waals surface area contributed by atoms with Crippen molar-refractivity contribution < 1.29 is 64.3 Å². The molecule has 2 aromatic carbocycles. The van der Waals surface area contributed by atoms with Gasteiger partial charge < -0.3 is 54.7 Å². The van der Waals surface area contributed by atoms with Crippen LogP contribution in [-0.2, 0) is 14.2 Å². The number of nitrogens with one attached hydrogen (secondary N) is 2. The van der Waals surface area contributed by atoms with Crippen LogP contribution in [0, 0.1) is 62.6 Å². The molecule has 0 amide bonds. The maximum atomic E-state index is 13.7. The van der Waals surface area contributed by atoms with Crippen molar-refractivity contribution in [2.75, 3.05) is 26.4 Å². The quantitative estimate of drug-likeness (QED) is 0.0927. The number of hydrogen-bond donors (Lipinski definition) is 9. The first-order valence-electron chi connectivity index (χ1n) is 32.7. The van der Waals surface area contributed by atoms with Crippen LogP contribution in [0.3, 0.4) is 0 Å². The predicted molar refractivity (Wildman–Crippen MR) is 306 cm³/mol. The molecule has 2 bridgehead atoms. The summed E-state index contributed by atoms with van der Waals surface area (Å²) in [5.41, 5.74) is 9.52. The summed E-state index contributed by atoms with van der Waals surface area (Å²) in [6.07, 6.45) is 27.0. The normalized spacial score (nSPS) is 45.8. The van der Waals surface area contributed by atoms with Crippen LogP contribution in [0.1, 0.15) is 213 Å². The third kappa shape index (κ3) is 7.17. The molecule has 15 heteroatoms. The van der Waals surface area contributed by atoms with E-state index >= 15 is 0 Å². The molecule has 15 nitrogen and oxygen atoms in total. The number of aromatic carboxylic acids is 1. The SMILES string of the molecule is CC(=O)c1c(C)c(O)c2cc(C(=O)O)cc(O[C@@H]3O[C@H](CO)[C@]4(C[C@@H]5C6=C(CC=C6[C@@]6(CCO)COC[C@H]7C[C@@]89C[C@]5(NN[C@@H]8C[C@@]5(CCC[C@]58CCC5(CCCC5)C8)C9)[C@H]76)[C@@]5(CCC[C@]6(CCC7(CCCC7)C6)C5)O4)[C@H](O)[C@H]3O)c2c1O. The number of phenolic OH excluding ortho intramolecular Hbond substituents is 2. The average molecular weight is 1140 g/mol. The van der Waals surface area contributed by atoms with Crippen molar-refractivity contribution in [3.05, 3.63) is 51.6 Å². The molecule has 3 saturated heterocycles. The summed E-state index contributed by atoms with van der Waals surface area (Å²) in [7, 11) is 0. The molecule has 9 N–H and O–H groups in total. The maximum Gasteiger partial charge on any atom is 0.335 e. The first kappa shape index (κ1) is 54.7. The molecule has 10 aliphatic carbocycles. The number of rotatable bonds is 7. The number of hydrogen-bond acceptors (Lipinski definition) is 14. The fourth-order valence-corrected chi connectivity index (χ4v) is 25.2. The molecule has 12 fully saturated rings. The van der Waals surface area contributed by atoms with Crippen LogP contribution >= 0.6 is 0 Å². The molecule has 4 aliphatic heterocycles. The number of benzene rings is 2. The minimum absolute atomic E-state index is 0.0168. The molecule has 9 spiro atoms. The number of carbonyl (C=O) groups is 2. The lowest BCUT2D eigenvalue weighted by Crippen LogP contribution is -2.81. The number of hydrazine groups is 1. The molecule has 83 heavy (non-hydrogen) atoms. The number of aliphatic hydroxyl groups excluding tert-OH is 4. The number of Topliss-reactive ketones (excluding diaryl/α,β-unsaturated/α-hetero) is 1. The number of aromatic hydroxyl groups is 2. The fourth-order valence-electron chi connectivity index (χ4n) is 25.2. The van der Waals surface area contributed by atoms with Crippen LogP contribution < -0.4 is 15.6 Å². The number of carbonyl (C=O) groups excluding carboxylic acids is 1. The Morgan fingerprint density at radius 2 is 1.51 bits per heavy atom. The zero-order chi connectivity index (χ0) is 57.1. The smallest absolute Gasteiger partial charge is 0.335 e. The number of ketones is 1. The van der Waals surface area contributed by atoms with Crippen molar-refractivity contribution in [2.45, 2.75) is 241 Å². The molecule has 16 atom stereocenters. The number of phenols is 2. The molecular formula is C68H90N2O13. The number of carboxylic acids is 1. The largest absolute Gasteiger partial charge is 0.507 e. The molecule has 450 valence electrons. The van der Waals surface area contributed by atoms with Gasteiger partial charge in [0.25, 0.3) is 0 Å². The van der Waals surface area contributed by atoms with Crippen molar-refractivity contribution in [2.24, 2.45) is 55.7 Å². The molecular weight excluding hydrogens is 1050 g/mol. The molecule has 16 rings (SSSR count). The van der Waals surface area contributed by atoms with Gasteiger partial charge in [0.2, 0.25) is 6.29 Å². The summed E-state index contributed by atoms with van der Waals surface area (Å²) in [5.74, 6) is -3.21. The van der Waals surface area contributed by atoms with Gasteiger partial charge in [0.15, 0.2) is 5.78 Å². The first-order chi connectivity index (χ1) is 39.8. The van der Waals surface area contributed by atoms with Crippen molar-refractivity contribution in [1.82, 2.24) is 10.9 Å². The molecule has 0 radical (unpaired) electrons. The highest BCUT2D eigenvalue weighted by Crippen LogP contribution is 2.80. The van der Waals surface area contributed by atoms with Crippen molar-refractivity contribution in [3.8, 4) is 17.2 Å². The van der Waals surface area contributed by atoms with E-state index < -0.39 is 76.6 Å². The maximum absolute atomic E-state index is 13.7. The van der Waals surface area contributed by atoms with Crippen molar-refractivity contribution in [3.63, 3.8) is 0 Å². The fraction of sp³-hybridized carbons (Fsp3) is 0.765. The Labute approximate surface area is 487 Å². The summed E-state index contributed by atoms with van der Waals surface area (Å²) in [5, 5.41) is 84.0. The van der Waals surface area contributed by atoms with Gasteiger partial charge in [0, 0.05) is 47.1 Å². The molecule has 2 aromatic rings. The summed E-state index contributed by atoms with van der Waals surface area (Å²) >= 11 is 0. The minimum atomic E-state index is -1.84. The molecule has 0 unspecified atom stereocenters. The Bertz CT molecular complexity index is 3160. The van der Waals surface area contributed by atoms with Crippen LogP contribution in [0.15, 0.2) is 34.9 Å². The highest BCUT2D eigenvalue weighted by Gasteiger charge is 2.79. The number of allylic oxidation sites excluding steroid dienone is 1. The van der Waals surface area contributed by atoms with Gasteiger partial charge in [0.1, 0.15) is 41.2 Å². The Morgan fingerprint density at radius 1 is 0.783 bits per heavy atom. The second kappa shape index (κ2) is 18.2. The van der Waals surface area contributed by atoms with E-state index in [1.807, 2.05) is 0 Å². The molecule has 0 aromatic heterocycles. The number of carboxylic acid groups (broad SMARTS) is 1. The number of ether oxygens (including phenoxy) is 4. The van der Waals surface area contributed by atoms with E-state index in [0.29, 0.717) is 48.7 Å². The van der Waals surface area contributed by atoms with E-state index in [-0.39, 0.29) is 86.3 Å². The Balaban J connectivity index is 0.851. The monoisotopic (exact) mass is 1140 g/mol. The second-order valence-electron chi connectivity index (χ2n) is 31.3. The van der Waals surface area contributed by atoms with Gasteiger partial charge in [-0.1, -0.05) is 38.2 Å². The lowest BCUT2D eigenvalue weighted by molar-refractivity contribution is -0.349. The summed E-state index contributed by atoms with van der Waals surface area (Å²) < 4.78 is 28.8. The number of fused-ring (bicyclic) bond motifs is 4. The van der Waals surface area contributed by atoms with Gasteiger partial charge in [-0.3, -0.25) is 15.6 Å². The Morgan fingerprint density at radius 3 is 2.25 bits per heavy atom. The molecule has 14 aliphatic rings. The zero-order valence-corrected chi connectivity index (χ0v) is 49.1. The van der Waals surface area contributed by atoms with Gasteiger partial charge in [-0.2, -0.15) is 0 Å². The van der Waals surface area contributed by atoms with Gasteiger partial charge in [-0.15, -0.1) is 0 Å². The van der Waals surface area contributed by atoms with Crippen LogP contribution in [0.5, 0.6) is 17.2 Å². The summed E-state index contributed by atoms with van der Waals surface area (Å²) in [6.45, 7) is 3.27. The highest BCUT2D eigenvalue weighted by atomic mass is 16.7. The van der Waals surface area contributed by atoms with E-state index in [2.05, 4.69) is 16.9 Å². The minimum Gasteiger partial charge on any atom is -0.507 e. The van der Waals surface area contributed by atoms with E-state index in [1.54, 1.807) is 0 Å². The van der Waals surface area contributed by atoms with Gasteiger partial charge >= 0.3 is 5.97 Å². The van der Waals surface area contributed by atoms with Gasteiger partial charge in [-0.05, 0) is 235 Å². The van der Waals surface area contributed by atoms with Crippen LogP contribution in [0.2, 0.25) is 0 Å². The third-order valence-electron chi connectivity index (χ3n) is 27.8. The van der Waals surface area contributed by atoms with Gasteiger partial charge in [0.05, 0.1) is 35.3 Å². The Kier molecular flexibility index (Phi) is 12.0. The summed E-state index contributed by atoms with van der Waals surface area (Å²) in [4.78, 5) is 25.8. The highest BCUT2D eigenvalue weighted by molar-refractivity contribution is 6.11. The van der Waals surface area contributed by atoms with E-state index in [9.17, 15) is 45.3 Å². The lowest BCUT2D eigenvalue weighted by atomic mass is 9.39. The number of aliphatic hydroxyl groups is 4. The lowest BCUT2D eigenvalue weighted by Gasteiger charge is -2.71. The van der Waals surface area contributed by atoms with Crippen molar-refractivity contribution >= 4 is 22.5 Å².